The van der Waals surface area contributed by atoms with Crippen LogP contribution in [0.2, 0.25) is 0 Å². The molecule has 0 saturated carbocycles. The Bertz CT molecular complexity index is 336. The maximum Gasteiger partial charge on any atom is 0.0382 e. The molecule has 1 rings (SSSR count). The third-order valence-corrected chi connectivity index (χ3v) is 3.60. The van der Waals surface area contributed by atoms with Crippen LogP contribution in [-0.2, 0) is 0 Å². The maximum absolute atomic E-state index is 3.41. The van der Waals surface area contributed by atoms with Gasteiger partial charge in [-0.05, 0) is 31.9 Å². The number of rotatable bonds is 6. The summed E-state index contributed by atoms with van der Waals surface area (Å²) in [5, 5.41) is 6.75. The highest BCUT2D eigenvalue weighted by molar-refractivity contribution is 5.35. The second-order valence-electron chi connectivity index (χ2n) is 4.89. The van der Waals surface area contributed by atoms with Crippen LogP contribution in [0.1, 0.15) is 27.2 Å². The zero-order valence-corrected chi connectivity index (χ0v) is 12.9. The summed E-state index contributed by atoms with van der Waals surface area (Å²) >= 11 is 0. The minimum absolute atomic E-state index is 0.447. The molecule has 0 aliphatic carbocycles. The van der Waals surface area contributed by atoms with E-state index in [0.717, 1.165) is 32.6 Å². The topological polar surface area (TPSA) is 27.3 Å². The van der Waals surface area contributed by atoms with Gasteiger partial charge in [0.05, 0.1) is 0 Å². The van der Waals surface area contributed by atoms with Gasteiger partial charge in [0, 0.05) is 45.0 Å². The Balaban J connectivity index is 2.95. The molecule has 0 bridgehead atoms. The summed E-state index contributed by atoms with van der Waals surface area (Å²) in [7, 11) is 2.00. The quantitative estimate of drug-likeness (QED) is 0.720. The fourth-order valence-corrected chi connectivity index (χ4v) is 2.46. The fourth-order valence-electron chi connectivity index (χ4n) is 2.46. The summed E-state index contributed by atoms with van der Waals surface area (Å²) in [6.45, 7) is 11.0. The van der Waals surface area contributed by atoms with Crippen LogP contribution < -0.4 is 10.6 Å². The van der Waals surface area contributed by atoms with Crippen molar-refractivity contribution in [2.45, 2.75) is 33.2 Å². The molecule has 1 aliphatic heterocycles. The minimum Gasteiger partial charge on any atom is -0.388 e. The zero-order chi connectivity index (χ0) is 14.1. The molecule has 3 heteroatoms. The molecule has 0 radical (unpaired) electrons. The van der Waals surface area contributed by atoms with E-state index < -0.39 is 0 Å². The zero-order valence-electron chi connectivity index (χ0n) is 12.9. The highest BCUT2D eigenvalue weighted by Gasteiger charge is 2.20. The average molecular weight is 263 g/mol. The Labute approximate surface area is 118 Å². The van der Waals surface area contributed by atoms with Crippen LogP contribution in [0.5, 0.6) is 0 Å². The normalized spacial score (nSPS) is 20.8. The Morgan fingerprint density at radius 1 is 1.32 bits per heavy atom. The van der Waals surface area contributed by atoms with Crippen molar-refractivity contribution in [2.75, 3.05) is 33.2 Å². The fraction of sp³-hybridized carbons (Fsp3) is 0.625. The third-order valence-electron chi connectivity index (χ3n) is 3.60. The predicted octanol–water partition coefficient (Wildman–Crippen LogP) is 2.30. The summed E-state index contributed by atoms with van der Waals surface area (Å²) in [4.78, 5) is 2.54. The van der Waals surface area contributed by atoms with Crippen LogP contribution in [0.4, 0.5) is 0 Å². The van der Waals surface area contributed by atoms with Crippen molar-refractivity contribution in [2.24, 2.45) is 0 Å². The highest BCUT2D eigenvalue weighted by atomic mass is 15.2. The van der Waals surface area contributed by atoms with Gasteiger partial charge in [-0.15, -0.1) is 0 Å². The number of piperazine rings is 1. The van der Waals surface area contributed by atoms with Gasteiger partial charge in [-0.25, -0.2) is 0 Å². The van der Waals surface area contributed by atoms with Gasteiger partial charge < -0.3 is 10.6 Å². The number of hydrogen-bond donors (Lipinski definition) is 2. The first kappa shape index (κ1) is 16.0. The Kier molecular flexibility index (Phi) is 7.53. The van der Waals surface area contributed by atoms with Crippen molar-refractivity contribution in [1.82, 2.24) is 15.5 Å². The van der Waals surface area contributed by atoms with E-state index in [1.54, 1.807) is 0 Å². The summed E-state index contributed by atoms with van der Waals surface area (Å²) in [5.74, 6) is 0. The van der Waals surface area contributed by atoms with E-state index >= 15 is 0 Å². The average Bonchev–Trinajstić information content (AvgIpc) is 2.47. The van der Waals surface area contributed by atoms with E-state index in [2.05, 4.69) is 60.6 Å². The Hall–Kier alpha value is -1.06. The molecule has 1 atom stereocenters. The molecule has 1 saturated heterocycles. The van der Waals surface area contributed by atoms with Gasteiger partial charge >= 0.3 is 0 Å². The van der Waals surface area contributed by atoms with Gasteiger partial charge in [-0.1, -0.05) is 25.2 Å². The molecular weight excluding hydrogens is 234 g/mol. The molecular formula is C16H29N3. The van der Waals surface area contributed by atoms with Crippen molar-refractivity contribution >= 4 is 0 Å². The monoisotopic (exact) mass is 263 g/mol. The minimum atomic E-state index is 0.447. The molecule has 19 heavy (non-hydrogen) atoms. The largest absolute Gasteiger partial charge is 0.388 e. The molecule has 0 aromatic carbocycles. The van der Waals surface area contributed by atoms with E-state index in [1.165, 1.54) is 11.3 Å². The molecule has 108 valence electrons. The van der Waals surface area contributed by atoms with E-state index in [9.17, 15) is 0 Å². The lowest BCUT2D eigenvalue weighted by molar-refractivity contribution is 0.207. The molecule has 3 nitrogen and oxygen atoms in total. The highest BCUT2D eigenvalue weighted by Crippen LogP contribution is 2.17. The van der Waals surface area contributed by atoms with Crippen molar-refractivity contribution in [3.8, 4) is 0 Å². The number of allylic oxidation sites excluding steroid dienone is 3. The van der Waals surface area contributed by atoms with Crippen LogP contribution in [0, 0.1) is 0 Å². The van der Waals surface area contributed by atoms with E-state index in [4.69, 9.17) is 0 Å². The van der Waals surface area contributed by atoms with Gasteiger partial charge in [0.25, 0.3) is 0 Å². The lowest BCUT2D eigenvalue weighted by Gasteiger charge is -2.34. The predicted molar refractivity (Wildman–Crippen MR) is 84.2 cm³/mol. The lowest BCUT2D eigenvalue weighted by atomic mass is 10.0. The number of nitrogens with one attached hydrogen (secondary N) is 2. The van der Waals surface area contributed by atoms with Crippen LogP contribution in [0.15, 0.2) is 35.6 Å². The molecule has 1 fully saturated rings. The van der Waals surface area contributed by atoms with Gasteiger partial charge in [0.15, 0.2) is 0 Å². The first-order chi connectivity index (χ1) is 9.24. The molecule has 2 N–H and O–H groups in total. The van der Waals surface area contributed by atoms with E-state index in [1.807, 2.05) is 7.05 Å². The first-order valence-corrected chi connectivity index (χ1v) is 7.40. The van der Waals surface area contributed by atoms with E-state index in [0.29, 0.717) is 6.04 Å². The Morgan fingerprint density at radius 2 is 2.00 bits per heavy atom. The second-order valence-corrected chi connectivity index (χ2v) is 4.89. The summed E-state index contributed by atoms with van der Waals surface area (Å²) in [5.41, 5.74) is 2.60. The molecule has 0 spiro atoms. The van der Waals surface area contributed by atoms with Gasteiger partial charge in [-0.2, -0.15) is 0 Å². The van der Waals surface area contributed by atoms with Crippen LogP contribution in [-0.4, -0.2) is 44.2 Å². The first-order valence-electron chi connectivity index (χ1n) is 7.40. The van der Waals surface area contributed by atoms with Gasteiger partial charge in [0.2, 0.25) is 0 Å². The summed E-state index contributed by atoms with van der Waals surface area (Å²) in [6, 6.07) is 0.447. The van der Waals surface area contributed by atoms with Gasteiger partial charge in [0.1, 0.15) is 0 Å². The molecule has 1 aliphatic rings. The van der Waals surface area contributed by atoms with Crippen molar-refractivity contribution in [1.29, 1.82) is 0 Å². The van der Waals surface area contributed by atoms with E-state index in [-0.39, 0.29) is 0 Å². The van der Waals surface area contributed by atoms with Crippen molar-refractivity contribution in [3.05, 3.63) is 35.6 Å². The number of nitrogens with zero attached hydrogens (tertiary/aromatic N) is 1. The third kappa shape index (κ3) is 4.84. The summed E-state index contributed by atoms with van der Waals surface area (Å²) in [6.07, 6.45) is 9.84. The smallest absolute Gasteiger partial charge is 0.0382 e. The molecule has 1 heterocycles. The Morgan fingerprint density at radius 3 is 2.53 bits per heavy atom. The lowest BCUT2D eigenvalue weighted by Crippen LogP contribution is -2.48. The maximum atomic E-state index is 3.41. The number of likely N-dealkylation sites (N-methyl/N-ethyl adjacent to an activating group) is 1. The second kappa shape index (κ2) is 8.94. The van der Waals surface area contributed by atoms with Gasteiger partial charge in [-0.3, -0.25) is 4.90 Å². The molecule has 0 aromatic heterocycles. The molecule has 0 aromatic rings. The molecule has 0 amide bonds. The van der Waals surface area contributed by atoms with Crippen LogP contribution in [0.3, 0.4) is 0 Å². The SMILES string of the molecule is C\C=C/C(=C(\C=C/CC)NC)C(C)N1CCNCC1. The van der Waals surface area contributed by atoms with Crippen molar-refractivity contribution in [3.63, 3.8) is 0 Å². The number of hydrogen-bond acceptors (Lipinski definition) is 3. The standard InChI is InChI=1S/C16H29N3/c1-5-7-9-16(17-4)15(8-6-2)14(3)19-12-10-18-11-13-19/h6-9,14,17-18H,5,10-13H2,1-4H3/b8-6-,9-7-,16-15-. The summed E-state index contributed by atoms with van der Waals surface area (Å²) < 4.78 is 0. The van der Waals surface area contributed by atoms with Crippen molar-refractivity contribution < 1.29 is 0 Å². The van der Waals surface area contributed by atoms with Crippen LogP contribution in [0.25, 0.3) is 0 Å². The van der Waals surface area contributed by atoms with Crippen LogP contribution >= 0.6 is 0 Å². The molecule has 1 unspecified atom stereocenters.